The van der Waals surface area contributed by atoms with Crippen LogP contribution in [0.5, 0.6) is 5.75 Å². The topological polar surface area (TPSA) is 24.5 Å². The normalized spacial score (nSPS) is 22.9. The summed E-state index contributed by atoms with van der Waals surface area (Å²) in [5.41, 5.74) is 1.28. The third-order valence-corrected chi connectivity index (χ3v) is 4.13. The summed E-state index contributed by atoms with van der Waals surface area (Å²) in [6.45, 7) is 4.23. The first-order chi connectivity index (χ1) is 9.24. The Bertz CT molecular complexity index is 394. The molecule has 0 saturated heterocycles. The lowest BCUT2D eigenvalue weighted by atomic mass is 10.1. The molecule has 2 atom stereocenters. The third kappa shape index (κ3) is 3.71. The molecule has 0 amide bonds. The van der Waals surface area contributed by atoms with Crippen molar-refractivity contribution in [2.45, 2.75) is 44.8 Å². The van der Waals surface area contributed by atoms with Crippen LogP contribution in [0.15, 0.2) is 24.3 Å². The highest BCUT2D eigenvalue weighted by Gasteiger charge is 2.27. The van der Waals surface area contributed by atoms with E-state index in [-0.39, 0.29) is 0 Å². The Morgan fingerprint density at radius 2 is 2.11 bits per heavy atom. The SMILES string of the molecule is CCNC1CCC(N(C)Cc2ccccc2OC)C1. The van der Waals surface area contributed by atoms with Crippen molar-refractivity contribution in [1.82, 2.24) is 10.2 Å². The van der Waals surface area contributed by atoms with E-state index in [0.717, 1.165) is 18.8 Å². The molecule has 1 aliphatic rings. The molecule has 1 aliphatic carbocycles. The van der Waals surface area contributed by atoms with Crippen LogP contribution < -0.4 is 10.1 Å². The van der Waals surface area contributed by atoms with E-state index in [9.17, 15) is 0 Å². The van der Waals surface area contributed by atoms with Crippen molar-refractivity contribution in [3.8, 4) is 5.75 Å². The van der Waals surface area contributed by atoms with Crippen LogP contribution >= 0.6 is 0 Å². The van der Waals surface area contributed by atoms with Gasteiger partial charge in [0, 0.05) is 24.2 Å². The van der Waals surface area contributed by atoms with E-state index < -0.39 is 0 Å². The Morgan fingerprint density at radius 3 is 2.84 bits per heavy atom. The highest BCUT2D eigenvalue weighted by atomic mass is 16.5. The van der Waals surface area contributed by atoms with Gasteiger partial charge in [-0.15, -0.1) is 0 Å². The number of hydrogen-bond acceptors (Lipinski definition) is 3. The summed E-state index contributed by atoms with van der Waals surface area (Å²) in [5, 5.41) is 3.56. The molecule has 1 aromatic carbocycles. The maximum Gasteiger partial charge on any atom is 0.123 e. The molecule has 19 heavy (non-hydrogen) atoms. The van der Waals surface area contributed by atoms with Crippen molar-refractivity contribution >= 4 is 0 Å². The van der Waals surface area contributed by atoms with Crippen LogP contribution in [0.3, 0.4) is 0 Å². The molecule has 2 rings (SSSR count). The van der Waals surface area contributed by atoms with Crippen molar-refractivity contribution in [2.24, 2.45) is 0 Å². The summed E-state index contributed by atoms with van der Waals surface area (Å²) in [7, 11) is 3.97. The highest BCUT2D eigenvalue weighted by Crippen LogP contribution is 2.26. The van der Waals surface area contributed by atoms with Crippen molar-refractivity contribution in [3.63, 3.8) is 0 Å². The van der Waals surface area contributed by atoms with Gasteiger partial charge in [-0.25, -0.2) is 0 Å². The van der Waals surface area contributed by atoms with Crippen LogP contribution in [-0.4, -0.2) is 37.7 Å². The maximum absolute atomic E-state index is 5.43. The number of benzene rings is 1. The van der Waals surface area contributed by atoms with Gasteiger partial charge in [-0.1, -0.05) is 25.1 Å². The number of rotatable bonds is 6. The van der Waals surface area contributed by atoms with Gasteiger partial charge in [0.15, 0.2) is 0 Å². The number of hydrogen-bond donors (Lipinski definition) is 1. The third-order valence-electron chi connectivity index (χ3n) is 4.13. The average molecular weight is 262 g/mol. The standard InChI is InChI=1S/C16H26N2O/c1-4-17-14-9-10-15(11-14)18(2)12-13-7-5-6-8-16(13)19-3/h5-8,14-15,17H,4,9-12H2,1-3H3. The fraction of sp³-hybridized carbons (Fsp3) is 0.625. The first-order valence-corrected chi connectivity index (χ1v) is 7.30. The molecule has 2 unspecified atom stereocenters. The van der Waals surface area contributed by atoms with Gasteiger partial charge in [-0.2, -0.15) is 0 Å². The second kappa shape index (κ2) is 6.92. The number of ether oxygens (including phenoxy) is 1. The second-order valence-electron chi connectivity index (χ2n) is 5.45. The fourth-order valence-electron chi connectivity index (χ4n) is 3.06. The summed E-state index contributed by atoms with van der Waals surface area (Å²) in [6, 6.07) is 9.70. The lowest BCUT2D eigenvalue weighted by Crippen LogP contribution is -2.32. The summed E-state index contributed by atoms with van der Waals surface area (Å²) in [4.78, 5) is 2.47. The molecule has 0 heterocycles. The minimum atomic E-state index is 0.689. The van der Waals surface area contributed by atoms with Crippen molar-refractivity contribution in [3.05, 3.63) is 29.8 Å². The second-order valence-corrected chi connectivity index (χ2v) is 5.45. The molecule has 1 N–H and O–H groups in total. The van der Waals surface area contributed by atoms with Gasteiger partial charge >= 0.3 is 0 Å². The maximum atomic E-state index is 5.43. The van der Waals surface area contributed by atoms with E-state index in [0.29, 0.717) is 12.1 Å². The molecule has 3 nitrogen and oxygen atoms in total. The van der Waals surface area contributed by atoms with Crippen molar-refractivity contribution < 1.29 is 4.74 Å². The highest BCUT2D eigenvalue weighted by molar-refractivity contribution is 5.33. The Morgan fingerprint density at radius 1 is 1.32 bits per heavy atom. The molecule has 1 saturated carbocycles. The molecule has 0 aromatic heterocycles. The van der Waals surface area contributed by atoms with Gasteiger partial charge in [0.1, 0.15) is 5.75 Å². The summed E-state index contributed by atoms with van der Waals surface area (Å²) in [5.74, 6) is 0.996. The van der Waals surface area contributed by atoms with E-state index in [4.69, 9.17) is 4.74 Å². The van der Waals surface area contributed by atoms with Crippen molar-refractivity contribution in [2.75, 3.05) is 20.7 Å². The molecular formula is C16H26N2O. The Labute approximate surface area is 116 Å². The van der Waals surface area contributed by atoms with Crippen LogP contribution in [0.4, 0.5) is 0 Å². The molecule has 0 radical (unpaired) electrons. The number of nitrogens with zero attached hydrogens (tertiary/aromatic N) is 1. The minimum Gasteiger partial charge on any atom is -0.496 e. The van der Waals surface area contributed by atoms with Gasteiger partial charge in [0.05, 0.1) is 7.11 Å². The average Bonchev–Trinajstić information content (AvgIpc) is 2.88. The van der Waals surface area contributed by atoms with Crippen LogP contribution in [0.25, 0.3) is 0 Å². The monoisotopic (exact) mass is 262 g/mol. The smallest absolute Gasteiger partial charge is 0.123 e. The Kier molecular flexibility index (Phi) is 5.23. The van der Waals surface area contributed by atoms with Gasteiger partial charge in [0.2, 0.25) is 0 Å². The van der Waals surface area contributed by atoms with Crippen LogP contribution in [0.2, 0.25) is 0 Å². The molecule has 106 valence electrons. The molecular weight excluding hydrogens is 236 g/mol. The molecule has 0 spiro atoms. The predicted octanol–water partition coefficient (Wildman–Crippen LogP) is 2.66. The molecule has 3 heteroatoms. The Hall–Kier alpha value is -1.06. The zero-order valence-corrected chi connectivity index (χ0v) is 12.4. The first kappa shape index (κ1) is 14.4. The van der Waals surface area contributed by atoms with E-state index >= 15 is 0 Å². The van der Waals surface area contributed by atoms with Crippen LogP contribution in [0, 0.1) is 0 Å². The zero-order valence-electron chi connectivity index (χ0n) is 12.4. The van der Waals surface area contributed by atoms with Gasteiger partial charge < -0.3 is 10.1 Å². The largest absolute Gasteiger partial charge is 0.496 e. The predicted molar refractivity (Wildman–Crippen MR) is 79.6 cm³/mol. The van der Waals surface area contributed by atoms with Gasteiger partial charge in [0.25, 0.3) is 0 Å². The first-order valence-electron chi connectivity index (χ1n) is 7.30. The number of para-hydroxylation sites is 1. The zero-order chi connectivity index (χ0) is 13.7. The number of nitrogens with one attached hydrogen (secondary N) is 1. The molecule has 1 fully saturated rings. The minimum absolute atomic E-state index is 0.689. The van der Waals surface area contributed by atoms with E-state index in [1.807, 2.05) is 12.1 Å². The summed E-state index contributed by atoms with van der Waals surface area (Å²) < 4.78 is 5.43. The quantitative estimate of drug-likeness (QED) is 0.853. The number of methoxy groups -OCH3 is 1. The lowest BCUT2D eigenvalue weighted by Gasteiger charge is -2.25. The van der Waals surface area contributed by atoms with Gasteiger partial charge in [-0.3, -0.25) is 4.90 Å². The molecule has 0 bridgehead atoms. The van der Waals surface area contributed by atoms with E-state index in [2.05, 4.69) is 36.3 Å². The summed E-state index contributed by atoms with van der Waals surface area (Å²) in [6.07, 6.45) is 3.86. The Balaban J connectivity index is 1.92. The lowest BCUT2D eigenvalue weighted by molar-refractivity contribution is 0.230. The molecule has 1 aromatic rings. The fourth-order valence-corrected chi connectivity index (χ4v) is 3.06. The van der Waals surface area contributed by atoms with E-state index in [1.165, 1.54) is 24.8 Å². The summed E-state index contributed by atoms with van der Waals surface area (Å²) >= 11 is 0. The van der Waals surface area contributed by atoms with Crippen molar-refractivity contribution in [1.29, 1.82) is 0 Å². The van der Waals surface area contributed by atoms with E-state index in [1.54, 1.807) is 7.11 Å². The van der Waals surface area contributed by atoms with Crippen LogP contribution in [-0.2, 0) is 6.54 Å². The van der Waals surface area contributed by atoms with Gasteiger partial charge in [-0.05, 0) is 38.9 Å². The molecule has 0 aliphatic heterocycles. The van der Waals surface area contributed by atoms with Crippen LogP contribution in [0.1, 0.15) is 31.7 Å².